The maximum atomic E-state index is 11.7. The monoisotopic (exact) mass is 273 g/mol. The van der Waals surface area contributed by atoms with Gasteiger partial charge in [-0.15, -0.1) is 10.2 Å². The number of benzene rings is 1. The van der Waals surface area contributed by atoms with E-state index in [4.69, 9.17) is 0 Å². The second-order valence-electron chi connectivity index (χ2n) is 4.93. The van der Waals surface area contributed by atoms with E-state index < -0.39 is 0 Å². The number of aromatic nitrogens is 3. The van der Waals surface area contributed by atoms with Gasteiger partial charge < -0.3 is 15.2 Å². The number of carbonyl (C=O) groups is 1. The molecule has 2 rings (SSSR count). The van der Waals surface area contributed by atoms with Crippen molar-refractivity contribution in [2.75, 3.05) is 11.9 Å². The summed E-state index contributed by atoms with van der Waals surface area (Å²) < 4.78 is 1.85. The van der Waals surface area contributed by atoms with Gasteiger partial charge in [0.1, 0.15) is 6.33 Å². The molecule has 0 saturated heterocycles. The Morgan fingerprint density at radius 1 is 1.30 bits per heavy atom. The molecule has 0 saturated carbocycles. The molecule has 6 heteroatoms. The molecule has 0 aliphatic heterocycles. The number of aryl methyl sites for hydroxylation is 1. The van der Waals surface area contributed by atoms with E-state index in [-0.39, 0.29) is 5.91 Å². The number of anilines is 1. The molecule has 0 unspecified atom stereocenters. The average Bonchev–Trinajstić information content (AvgIpc) is 2.84. The molecule has 2 N–H and O–H groups in total. The van der Waals surface area contributed by atoms with Crippen molar-refractivity contribution < 1.29 is 4.79 Å². The maximum absolute atomic E-state index is 11.7. The third-order valence-electron chi connectivity index (χ3n) is 2.81. The molecule has 0 bridgehead atoms. The average molecular weight is 273 g/mol. The molecule has 0 spiro atoms. The molecule has 20 heavy (non-hydrogen) atoms. The van der Waals surface area contributed by atoms with Crippen LogP contribution in [0.1, 0.15) is 13.8 Å². The maximum Gasteiger partial charge on any atom is 0.238 e. The van der Waals surface area contributed by atoms with E-state index in [1.807, 2.05) is 49.7 Å². The number of amides is 1. The molecule has 6 nitrogen and oxygen atoms in total. The first-order valence-corrected chi connectivity index (χ1v) is 6.54. The Bertz CT molecular complexity index is 574. The summed E-state index contributed by atoms with van der Waals surface area (Å²) in [5.74, 6) is 0.745. The van der Waals surface area contributed by atoms with Crippen molar-refractivity contribution >= 4 is 11.6 Å². The third kappa shape index (κ3) is 3.64. The lowest BCUT2D eigenvalue weighted by molar-refractivity contribution is -0.115. The minimum absolute atomic E-state index is 0.0508. The molecule has 1 amide bonds. The van der Waals surface area contributed by atoms with Gasteiger partial charge in [-0.1, -0.05) is 13.8 Å². The molecule has 0 aliphatic carbocycles. The molecule has 1 aromatic carbocycles. The Morgan fingerprint density at radius 2 is 2.00 bits per heavy atom. The molecular weight excluding hydrogens is 254 g/mol. The first kappa shape index (κ1) is 14.2. The van der Waals surface area contributed by atoms with Crippen molar-refractivity contribution in [1.29, 1.82) is 0 Å². The Kier molecular flexibility index (Phi) is 4.47. The van der Waals surface area contributed by atoms with Gasteiger partial charge in [-0.2, -0.15) is 0 Å². The predicted molar refractivity (Wildman–Crippen MR) is 78.2 cm³/mol. The van der Waals surface area contributed by atoms with Crippen molar-refractivity contribution in [1.82, 2.24) is 20.1 Å². The summed E-state index contributed by atoms with van der Waals surface area (Å²) in [5, 5.41) is 13.8. The smallest absolute Gasteiger partial charge is 0.238 e. The highest BCUT2D eigenvalue weighted by molar-refractivity contribution is 5.92. The number of carbonyl (C=O) groups excluding carboxylic acids is 1. The van der Waals surface area contributed by atoms with Gasteiger partial charge in [-0.3, -0.25) is 4.79 Å². The van der Waals surface area contributed by atoms with Gasteiger partial charge in [0, 0.05) is 24.3 Å². The highest BCUT2D eigenvalue weighted by Gasteiger charge is 2.06. The lowest BCUT2D eigenvalue weighted by Crippen LogP contribution is -2.32. The summed E-state index contributed by atoms with van der Waals surface area (Å²) in [5.41, 5.74) is 1.73. The van der Waals surface area contributed by atoms with E-state index in [1.54, 1.807) is 6.33 Å². The molecule has 0 atom stereocenters. The van der Waals surface area contributed by atoms with E-state index in [2.05, 4.69) is 20.8 Å². The van der Waals surface area contributed by atoms with Crippen LogP contribution in [-0.2, 0) is 11.8 Å². The Balaban J connectivity index is 1.98. The van der Waals surface area contributed by atoms with Crippen LogP contribution in [0.25, 0.3) is 11.4 Å². The van der Waals surface area contributed by atoms with Crippen LogP contribution in [0.5, 0.6) is 0 Å². The fraction of sp³-hybridized carbons (Fsp3) is 0.357. The van der Waals surface area contributed by atoms with Gasteiger partial charge in [0.05, 0.1) is 6.54 Å². The summed E-state index contributed by atoms with van der Waals surface area (Å²) in [4.78, 5) is 11.7. The standard InChI is InChI=1S/C14H19N5O/c1-10(2)15-8-13(20)17-12-6-4-11(5-7-12)14-18-16-9-19(14)3/h4-7,9-10,15H,8H2,1-3H3,(H,17,20). The zero-order chi connectivity index (χ0) is 14.5. The molecular formula is C14H19N5O. The van der Waals surface area contributed by atoms with Gasteiger partial charge >= 0.3 is 0 Å². The van der Waals surface area contributed by atoms with Crippen LogP contribution in [-0.4, -0.2) is 33.3 Å². The lowest BCUT2D eigenvalue weighted by atomic mass is 10.2. The molecule has 2 aromatic rings. The quantitative estimate of drug-likeness (QED) is 0.864. The van der Waals surface area contributed by atoms with Crippen LogP contribution in [0.4, 0.5) is 5.69 Å². The first-order valence-electron chi connectivity index (χ1n) is 6.54. The van der Waals surface area contributed by atoms with Crippen LogP contribution in [0.15, 0.2) is 30.6 Å². The zero-order valence-electron chi connectivity index (χ0n) is 11.9. The van der Waals surface area contributed by atoms with Crippen molar-refractivity contribution in [2.45, 2.75) is 19.9 Å². The van der Waals surface area contributed by atoms with Gasteiger partial charge in [-0.25, -0.2) is 0 Å². The Hall–Kier alpha value is -2.21. The van der Waals surface area contributed by atoms with Crippen molar-refractivity contribution in [3.8, 4) is 11.4 Å². The summed E-state index contributed by atoms with van der Waals surface area (Å²) in [6.07, 6.45) is 1.66. The summed E-state index contributed by atoms with van der Waals surface area (Å²) in [6.45, 7) is 4.31. The molecule has 0 aliphatic rings. The Labute approximate surface area is 118 Å². The number of hydrogen-bond acceptors (Lipinski definition) is 4. The van der Waals surface area contributed by atoms with Crippen LogP contribution in [0.2, 0.25) is 0 Å². The summed E-state index contributed by atoms with van der Waals surface area (Å²) in [7, 11) is 1.89. The predicted octanol–water partition coefficient (Wildman–Crippen LogP) is 1.42. The summed E-state index contributed by atoms with van der Waals surface area (Å²) in [6, 6.07) is 7.83. The van der Waals surface area contributed by atoms with E-state index in [0.717, 1.165) is 17.1 Å². The molecule has 0 fully saturated rings. The molecule has 0 radical (unpaired) electrons. The van der Waals surface area contributed by atoms with Crippen LogP contribution in [0, 0.1) is 0 Å². The minimum Gasteiger partial charge on any atom is -0.325 e. The molecule has 106 valence electrons. The van der Waals surface area contributed by atoms with E-state index >= 15 is 0 Å². The molecule has 1 aromatic heterocycles. The first-order chi connectivity index (χ1) is 9.56. The van der Waals surface area contributed by atoms with E-state index in [9.17, 15) is 4.79 Å². The largest absolute Gasteiger partial charge is 0.325 e. The van der Waals surface area contributed by atoms with Crippen LogP contribution in [0.3, 0.4) is 0 Å². The Morgan fingerprint density at radius 3 is 2.55 bits per heavy atom. The second kappa shape index (κ2) is 6.29. The highest BCUT2D eigenvalue weighted by Crippen LogP contribution is 2.18. The van der Waals surface area contributed by atoms with Crippen molar-refractivity contribution in [3.63, 3.8) is 0 Å². The van der Waals surface area contributed by atoms with E-state index in [1.165, 1.54) is 0 Å². The SMILES string of the molecule is CC(C)NCC(=O)Nc1ccc(-c2nncn2C)cc1. The molecule has 1 heterocycles. The lowest BCUT2D eigenvalue weighted by Gasteiger charge is -2.09. The fourth-order valence-electron chi connectivity index (χ4n) is 1.75. The minimum atomic E-state index is -0.0508. The second-order valence-corrected chi connectivity index (χ2v) is 4.93. The number of nitrogens with one attached hydrogen (secondary N) is 2. The van der Waals surface area contributed by atoms with Gasteiger partial charge in [-0.05, 0) is 24.3 Å². The van der Waals surface area contributed by atoms with Gasteiger partial charge in [0.25, 0.3) is 0 Å². The summed E-state index contributed by atoms with van der Waals surface area (Å²) >= 11 is 0. The fourth-order valence-corrected chi connectivity index (χ4v) is 1.75. The van der Waals surface area contributed by atoms with Crippen LogP contribution < -0.4 is 10.6 Å². The van der Waals surface area contributed by atoms with Crippen molar-refractivity contribution in [2.24, 2.45) is 7.05 Å². The number of nitrogens with zero attached hydrogens (tertiary/aromatic N) is 3. The topological polar surface area (TPSA) is 71.8 Å². The third-order valence-corrected chi connectivity index (χ3v) is 2.81. The number of hydrogen-bond donors (Lipinski definition) is 2. The highest BCUT2D eigenvalue weighted by atomic mass is 16.1. The van der Waals surface area contributed by atoms with E-state index in [0.29, 0.717) is 12.6 Å². The number of rotatable bonds is 5. The van der Waals surface area contributed by atoms with Crippen LogP contribution >= 0.6 is 0 Å². The van der Waals surface area contributed by atoms with Gasteiger partial charge in [0.15, 0.2) is 5.82 Å². The van der Waals surface area contributed by atoms with Crippen molar-refractivity contribution in [3.05, 3.63) is 30.6 Å². The zero-order valence-corrected chi connectivity index (χ0v) is 11.9. The normalized spacial score (nSPS) is 10.8. The van der Waals surface area contributed by atoms with Gasteiger partial charge in [0.2, 0.25) is 5.91 Å².